The van der Waals surface area contributed by atoms with Crippen LogP contribution in [0.5, 0.6) is 0 Å². The van der Waals surface area contributed by atoms with E-state index in [-0.39, 0.29) is 42.4 Å². The standard InChI is InChI=1S/C20H32N2O6S/c1-3-28-20(27)17-10-15(24)11-22(17)19(26)16-9-7-5-4-6-8-14(18(25)21-16)12-29-13(2)23/h14-17,24H,3-12H2,1-2H3,(H,21,25)/t14-,15-,16-,17+/m1/s1. The number of esters is 1. The predicted octanol–water partition coefficient (Wildman–Crippen LogP) is 1.25. The van der Waals surface area contributed by atoms with Crippen LogP contribution in [0.1, 0.15) is 58.8 Å². The first kappa shape index (κ1) is 23.7. The molecule has 2 rings (SSSR count). The summed E-state index contributed by atoms with van der Waals surface area (Å²) in [6.45, 7) is 3.42. The molecule has 0 radical (unpaired) electrons. The van der Waals surface area contributed by atoms with Gasteiger partial charge in [-0.3, -0.25) is 14.4 Å². The molecule has 0 aromatic carbocycles. The zero-order valence-electron chi connectivity index (χ0n) is 17.2. The van der Waals surface area contributed by atoms with E-state index in [1.807, 2.05) is 0 Å². The van der Waals surface area contributed by atoms with E-state index < -0.39 is 24.2 Å². The Kier molecular flexibility index (Phi) is 9.42. The third-order valence-electron chi connectivity index (χ3n) is 5.39. The molecule has 0 aromatic rings. The molecule has 8 nitrogen and oxygen atoms in total. The highest BCUT2D eigenvalue weighted by atomic mass is 32.2. The van der Waals surface area contributed by atoms with E-state index in [1.165, 1.54) is 11.8 Å². The molecule has 0 aliphatic carbocycles. The predicted molar refractivity (Wildman–Crippen MR) is 109 cm³/mol. The number of amides is 2. The van der Waals surface area contributed by atoms with E-state index in [4.69, 9.17) is 4.74 Å². The van der Waals surface area contributed by atoms with Gasteiger partial charge < -0.3 is 20.1 Å². The quantitative estimate of drug-likeness (QED) is 0.634. The molecule has 0 unspecified atom stereocenters. The smallest absolute Gasteiger partial charge is 0.328 e. The van der Waals surface area contributed by atoms with Crippen LogP contribution in [-0.2, 0) is 23.9 Å². The molecule has 4 atom stereocenters. The van der Waals surface area contributed by atoms with Gasteiger partial charge in [0, 0.05) is 31.6 Å². The average Bonchev–Trinajstić information content (AvgIpc) is 3.07. The van der Waals surface area contributed by atoms with Crippen molar-refractivity contribution >= 4 is 34.7 Å². The first-order chi connectivity index (χ1) is 13.8. The summed E-state index contributed by atoms with van der Waals surface area (Å²) in [5, 5.41) is 12.8. The van der Waals surface area contributed by atoms with Gasteiger partial charge >= 0.3 is 5.97 Å². The number of hydrogen-bond donors (Lipinski definition) is 2. The minimum absolute atomic E-state index is 0.0362. The van der Waals surface area contributed by atoms with Crippen molar-refractivity contribution in [3.05, 3.63) is 0 Å². The molecule has 2 amide bonds. The number of rotatable bonds is 5. The Bertz CT molecular complexity index is 614. The topological polar surface area (TPSA) is 113 Å². The van der Waals surface area contributed by atoms with Crippen molar-refractivity contribution < 1.29 is 29.0 Å². The van der Waals surface area contributed by atoms with Crippen molar-refractivity contribution in [3.63, 3.8) is 0 Å². The van der Waals surface area contributed by atoms with Crippen LogP contribution in [0.15, 0.2) is 0 Å². The van der Waals surface area contributed by atoms with Gasteiger partial charge in [0.15, 0.2) is 5.12 Å². The lowest BCUT2D eigenvalue weighted by Crippen LogP contribution is -2.53. The van der Waals surface area contributed by atoms with Crippen LogP contribution >= 0.6 is 11.8 Å². The molecule has 9 heteroatoms. The molecule has 0 bridgehead atoms. The van der Waals surface area contributed by atoms with Crippen LogP contribution in [0.2, 0.25) is 0 Å². The number of β-amino-alcohol motifs (C(OH)–C–C–N with tert-alkyl or cyclic N) is 1. The lowest BCUT2D eigenvalue weighted by Gasteiger charge is -2.29. The number of aliphatic hydroxyl groups is 1. The summed E-state index contributed by atoms with van der Waals surface area (Å²) >= 11 is 1.13. The minimum Gasteiger partial charge on any atom is -0.464 e. The number of aliphatic hydroxyl groups excluding tert-OH is 1. The van der Waals surface area contributed by atoms with Crippen LogP contribution in [-0.4, -0.2) is 70.0 Å². The van der Waals surface area contributed by atoms with E-state index in [9.17, 15) is 24.3 Å². The van der Waals surface area contributed by atoms with E-state index in [1.54, 1.807) is 6.92 Å². The number of nitrogens with zero attached hydrogens (tertiary/aromatic N) is 1. The van der Waals surface area contributed by atoms with Crippen molar-refractivity contribution in [3.8, 4) is 0 Å². The van der Waals surface area contributed by atoms with Crippen molar-refractivity contribution in [1.82, 2.24) is 10.2 Å². The summed E-state index contributed by atoms with van der Waals surface area (Å²) in [5.41, 5.74) is 0. The number of ether oxygens (including phenoxy) is 1. The molecule has 29 heavy (non-hydrogen) atoms. The van der Waals surface area contributed by atoms with Crippen LogP contribution in [0.3, 0.4) is 0 Å². The van der Waals surface area contributed by atoms with Crippen molar-refractivity contribution in [2.75, 3.05) is 18.9 Å². The Hall–Kier alpha value is -1.61. The second-order valence-electron chi connectivity index (χ2n) is 7.70. The van der Waals surface area contributed by atoms with Crippen LogP contribution in [0, 0.1) is 5.92 Å². The molecule has 2 saturated heterocycles. The number of thioether (sulfide) groups is 1. The molecule has 2 aliphatic heterocycles. The summed E-state index contributed by atoms with van der Waals surface area (Å²) in [6.07, 6.45) is 4.16. The Morgan fingerprint density at radius 2 is 1.90 bits per heavy atom. The van der Waals surface area contributed by atoms with E-state index in [2.05, 4.69) is 5.32 Å². The van der Waals surface area contributed by atoms with E-state index in [0.717, 1.165) is 37.4 Å². The second-order valence-corrected chi connectivity index (χ2v) is 8.90. The molecule has 2 N–H and O–H groups in total. The molecular formula is C20H32N2O6S. The zero-order valence-corrected chi connectivity index (χ0v) is 18.0. The van der Waals surface area contributed by atoms with Crippen LogP contribution in [0.4, 0.5) is 0 Å². The monoisotopic (exact) mass is 428 g/mol. The normalized spacial score (nSPS) is 28.5. The van der Waals surface area contributed by atoms with Gasteiger partial charge in [-0.1, -0.05) is 37.4 Å². The fourth-order valence-electron chi connectivity index (χ4n) is 3.87. The maximum atomic E-state index is 13.2. The average molecular weight is 429 g/mol. The summed E-state index contributed by atoms with van der Waals surface area (Å²) in [7, 11) is 0. The van der Waals surface area contributed by atoms with Gasteiger partial charge in [0.05, 0.1) is 12.7 Å². The van der Waals surface area contributed by atoms with Gasteiger partial charge in [0.2, 0.25) is 11.8 Å². The number of nitrogens with one attached hydrogen (secondary N) is 1. The van der Waals surface area contributed by atoms with Gasteiger partial charge in [-0.15, -0.1) is 0 Å². The van der Waals surface area contributed by atoms with Gasteiger partial charge in [0.25, 0.3) is 0 Å². The fraction of sp³-hybridized carbons (Fsp3) is 0.800. The maximum Gasteiger partial charge on any atom is 0.328 e. The second kappa shape index (κ2) is 11.5. The SMILES string of the molecule is CCOC(=O)[C@@H]1C[C@@H](O)CN1C(=O)[C@H]1CCCCCC[C@H](CSC(C)=O)C(=O)N1. The zero-order chi connectivity index (χ0) is 21.4. The lowest BCUT2D eigenvalue weighted by atomic mass is 9.97. The minimum atomic E-state index is -0.825. The number of hydrogen-bond acceptors (Lipinski definition) is 7. The van der Waals surface area contributed by atoms with Crippen molar-refractivity contribution in [1.29, 1.82) is 0 Å². The highest BCUT2D eigenvalue weighted by Crippen LogP contribution is 2.24. The Labute approximate surface area is 176 Å². The molecule has 164 valence electrons. The van der Waals surface area contributed by atoms with Crippen LogP contribution in [0.25, 0.3) is 0 Å². The fourth-order valence-corrected chi connectivity index (χ4v) is 4.62. The molecule has 0 spiro atoms. The highest BCUT2D eigenvalue weighted by molar-refractivity contribution is 8.13. The highest BCUT2D eigenvalue weighted by Gasteiger charge is 2.42. The van der Waals surface area contributed by atoms with E-state index >= 15 is 0 Å². The van der Waals surface area contributed by atoms with E-state index in [0.29, 0.717) is 18.6 Å². The lowest BCUT2D eigenvalue weighted by molar-refractivity contribution is -0.153. The van der Waals surface area contributed by atoms with Crippen LogP contribution < -0.4 is 5.32 Å². The Morgan fingerprint density at radius 3 is 2.55 bits per heavy atom. The molecule has 0 saturated carbocycles. The van der Waals surface area contributed by atoms with Gasteiger partial charge in [0.1, 0.15) is 12.1 Å². The largest absolute Gasteiger partial charge is 0.464 e. The third kappa shape index (κ3) is 6.99. The van der Waals surface area contributed by atoms with Crippen molar-refractivity contribution in [2.45, 2.75) is 77.0 Å². The number of carbonyl (C=O) groups excluding carboxylic acids is 4. The summed E-state index contributed by atoms with van der Waals surface area (Å²) in [5.74, 6) is -1.05. The molecule has 2 heterocycles. The Balaban J connectivity index is 2.11. The maximum absolute atomic E-state index is 13.2. The molecular weight excluding hydrogens is 396 g/mol. The molecule has 2 aliphatic rings. The summed E-state index contributed by atoms with van der Waals surface area (Å²) in [4.78, 5) is 50.9. The summed E-state index contributed by atoms with van der Waals surface area (Å²) < 4.78 is 5.05. The number of carbonyl (C=O) groups is 4. The molecule has 0 aromatic heterocycles. The summed E-state index contributed by atoms with van der Waals surface area (Å²) in [6, 6.07) is -1.57. The number of likely N-dealkylation sites (tertiary alicyclic amines) is 1. The van der Waals surface area contributed by atoms with Gasteiger partial charge in [-0.2, -0.15) is 0 Å². The first-order valence-corrected chi connectivity index (χ1v) is 11.4. The van der Waals surface area contributed by atoms with Gasteiger partial charge in [-0.25, -0.2) is 4.79 Å². The van der Waals surface area contributed by atoms with Crippen molar-refractivity contribution in [2.24, 2.45) is 5.92 Å². The third-order valence-corrected chi connectivity index (χ3v) is 6.36. The Morgan fingerprint density at radius 1 is 1.21 bits per heavy atom. The molecule has 2 fully saturated rings. The first-order valence-electron chi connectivity index (χ1n) is 10.4. The van der Waals surface area contributed by atoms with Gasteiger partial charge in [-0.05, 0) is 19.8 Å².